The first-order valence-electron chi connectivity index (χ1n) is 5.39. The van der Waals surface area contributed by atoms with E-state index in [0.717, 1.165) is 0 Å². The molecule has 0 heterocycles. The van der Waals surface area contributed by atoms with Crippen molar-refractivity contribution in [2.75, 3.05) is 24.8 Å². The fourth-order valence-electron chi connectivity index (χ4n) is 1.33. The predicted octanol–water partition coefficient (Wildman–Crippen LogP) is 2.37. The molecule has 0 aromatic heterocycles. The number of carbonyl (C=O) groups is 2. The first-order chi connectivity index (χ1) is 8.54. The molecule has 0 saturated carbocycles. The summed E-state index contributed by atoms with van der Waals surface area (Å²) < 4.78 is 0. The third-order valence-electron chi connectivity index (χ3n) is 2.26. The Morgan fingerprint density at radius 3 is 2.61 bits per heavy atom. The van der Waals surface area contributed by atoms with Crippen molar-refractivity contribution < 1.29 is 9.59 Å². The Balaban J connectivity index is 2.52. The van der Waals surface area contributed by atoms with Crippen molar-refractivity contribution in [1.82, 2.24) is 4.90 Å². The van der Waals surface area contributed by atoms with Crippen LogP contribution < -0.4 is 5.32 Å². The number of anilines is 1. The van der Waals surface area contributed by atoms with E-state index in [1.165, 1.54) is 4.90 Å². The van der Waals surface area contributed by atoms with Gasteiger partial charge in [-0.05, 0) is 12.1 Å². The van der Waals surface area contributed by atoms with E-state index >= 15 is 0 Å². The van der Waals surface area contributed by atoms with Gasteiger partial charge in [-0.1, -0.05) is 23.7 Å². The van der Waals surface area contributed by atoms with Crippen LogP contribution in [-0.4, -0.2) is 36.2 Å². The monoisotopic (exact) mass is 288 g/mol. The zero-order valence-corrected chi connectivity index (χ0v) is 11.5. The molecule has 0 unspecified atom stereocenters. The number of alkyl halides is 1. The molecule has 1 aromatic rings. The van der Waals surface area contributed by atoms with Gasteiger partial charge in [-0.2, -0.15) is 0 Å². The summed E-state index contributed by atoms with van der Waals surface area (Å²) in [4.78, 5) is 24.4. The van der Waals surface area contributed by atoms with Crippen LogP contribution in [0.15, 0.2) is 24.3 Å². The summed E-state index contributed by atoms with van der Waals surface area (Å²) in [5.41, 5.74) is 0.530. The third-order valence-corrected chi connectivity index (χ3v) is 2.78. The highest BCUT2D eigenvalue weighted by molar-refractivity contribution is 6.33. The van der Waals surface area contributed by atoms with Gasteiger partial charge < -0.3 is 10.2 Å². The summed E-state index contributed by atoms with van der Waals surface area (Å²) in [6.07, 6.45) is 0.220. The molecule has 0 atom stereocenters. The second-order valence-electron chi connectivity index (χ2n) is 3.72. The van der Waals surface area contributed by atoms with Crippen molar-refractivity contribution in [1.29, 1.82) is 0 Å². The van der Waals surface area contributed by atoms with Crippen LogP contribution in [0, 0.1) is 0 Å². The number of carbonyl (C=O) groups excluding carboxylic acids is 2. The van der Waals surface area contributed by atoms with E-state index in [4.69, 9.17) is 23.2 Å². The Morgan fingerprint density at radius 1 is 1.33 bits per heavy atom. The van der Waals surface area contributed by atoms with Crippen LogP contribution in [0.2, 0.25) is 5.02 Å². The van der Waals surface area contributed by atoms with Crippen LogP contribution in [0.1, 0.15) is 6.42 Å². The highest BCUT2D eigenvalue weighted by Crippen LogP contribution is 2.20. The average Bonchev–Trinajstić information content (AvgIpc) is 2.32. The molecule has 98 valence electrons. The SMILES string of the molecule is CN(CC(=O)Nc1ccccc1Cl)C(=O)CCCl. The number of nitrogens with one attached hydrogen (secondary N) is 1. The molecular weight excluding hydrogens is 275 g/mol. The van der Waals surface area contributed by atoms with E-state index in [-0.39, 0.29) is 30.7 Å². The second kappa shape index (κ2) is 7.24. The summed E-state index contributed by atoms with van der Waals surface area (Å²) in [6, 6.07) is 6.91. The van der Waals surface area contributed by atoms with Gasteiger partial charge >= 0.3 is 0 Å². The van der Waals surface area contributed by atoms with Crippen LogP contribution in [0.4, 0.5) is 5.69 Å². The summed E-state index contributed by atoms with van der Waals surface area (Å²) in [5.74, 6) is -0.220. The molecule has 0 aliphatic heterocycles. The van der Waals surface area contributed by atoms with Crippen molar-refractivity contribution in [2.45, 2.75) is 6.42 Å². The van der Waals surface area contributed by atoms with Crippen LogP contribution in [-0.2, 0) is 9.59 Å². The van der Waals surface area contributed by atoms with Gasteiger partial charge in [0.25, 0.3) is 0 Å². The smallest absolute Gasteiger partial charge is 0.244 e. The molecule has 0 aliphatic rings. The molecule has 4 nitrogen and oxygen atoms in total. The number of likely N-dealkylation sites (N-methyl/N-ethyl adjacent to an activating group) is 1. The molecule has 1 rings (SSSR count). The molecular formula is C12H14Cl2N2O2. The number of para-hydroxylation sites is 1. The fraction of sp³-hybridized carbons (Fsp3) is 0.333. The molecule has 6 heteroatoms. The number of benzene rings is 1. The van der Waals surface area contributed by atoms with Crippen molar-refractivity contribution in [3.05, 3.63) is 29.3 Å². The minimum absolute atomic E-state index is 0.0268. The zero-order chi connectivity index (χ0) is 13.5. The number of hydrogen-bond acceptors (Lipinski definition) is 2. The summed E-state index contributed by atoms with van der Waals surface area (Å²) in [7, 11) is 1.56. The summed E-state index contributed by atoms with van der Waals surface area (Å²) in [6.45, 7) is -0.0268. The summed E-state index contributed by atoms with van der Waals surface area (Å²) in [5, 5.41) is 3.10. The predicted molar refractivity (Wildman–Crippen MR) is 73.1 cm³/mol. The first kappa shape index (κ1) is 14.8. The molecule has 0 radical (unpaired) electrons. The summed E-state index contributed by atoms with van der Waals surface area (Å²) >= 11 is 11.4. The van der Waals surface area contributed by atoms with Crippen molar-refractivity contribution >= 4 is 40.7 Å². The van der Waals surface area contributed by atoms with Crippen LogP contribution in [0.5, 0.6) is 0 Å². The van der Waals surface area contributed by atoms with Gasteiger partial charge in [0, 0.05) is 19.3 Å². The lowest BCUT2D eigenvalue weighted by molar-refractivity contribution is -0.132. The van der Waals surface area contributed by atoms with Gasteiger partial charge in [0.15, 0.2) is 0 Å². The van der Waals surface area contributed by atoms with Gasteiger partial charge in [-0.3, -0.25) is 9.59 Å². The standard InChI is InChI=1S/C12H14Cl2N2O2/c1-16(12(18)6-7-13)8-11(17)15-10-5-3-2-4-9(10)14/h2-5H,6-8H2,1H3,(H,15,17). The number of halogens is 2. The second-order valence-corrected chi connectivity index (χ2v) is 4.50. The van der Waals surface area contributed by atoms with Gasteiger partial charge in [-0.25, -0.2) is 0 Å². The lowest BCUT2D eigenvalue weighted by atomic mass is 10.3. The molecule has 18 heavy (non-hydrogen) atoms. The Kier molecular flexibility index (Phi) is 5.95. The lowest BCUT2D eigenvalue weighted by Gasteiger charge is -2.16. The van der Waals surface area contributed by atoms with E-state index in [1.807, 2.05) is 0 Å². The van der Waals surface area contributed by atoms with E-state index < -0.39 is 0 Å². The van der Waals surface area contributed by atoms with Crippen LogP contribution in [0.25, 0.3) is 0 Å². The molecule has 1 N–H and O–H groups in total. The van der Waals surface area contributed by atoms with Crippen molar-refractivity contribution in [2.24, 2.45) is 0 Å². The minimum Gasteiger partial charge on any atom is -0.336 e. The number of nitrogens with zero attached hydrogens (tertiary/aromatic N) is 1. The van der Waals surface area contributed by atoms with E-state index in [2.05, 4.69) is 5.32 Å². The molecule has 0 spiro atoms. The topological polar surface area (TPSA) is 49.4 Å². The molecule has 0 bridgehead atoms. The van der Waals surface area contributed by atoms with Crippen molar-refractivity contribution in [3.8, 4) is 0 Å². The normalized spacial score (nSPS) is 9.94. The maximum Gasteiger partial charge on any atom is 0.244 e. The average molecular weight is 289 g/mol. The third kappa shape index (κ3) is 4.55. The van der Waals surface area contributed by atoms with Gasteiger partial charge in [-0.15, -0.1) is 11.6 Å². The number of rotatable bonds is 5. The van der Waals surface area contributed by atoms with Gasteiger partial charge in [0.05, 0.1) is 17.3 Å². The molecule has 0 saturated heterocycles. The minimum atomic E-state index is -0.298. The highest BCUT2D eigenvalue weighted by atomic mass is 35.5. The Morgan fingerprint density at radius 2 is 2.00 bits per heavy atom. The lowest BCUT2D eigenvalue weighted by Crippen LogP contribution is -2.35. The zero-order valence-electron chi connectivity index (χ0n) is 9.95. The maximum absolute atomic E-state index is 11.7. The van der Waals surface area contributed by atoms with Crippen LogP contribution >= 0.6 is 23.2 Å². The van der Waals surface area contributed by atoms with Crippen molar-refractivity contribution in [3.63, 3.8) is 0 Å². The van der Waals surface area contributed by atoms with E-state index in [0.29, 0.717) is 10.7 Å². The first-order valence-corrected chi connectivity index (χ1v) is 6.30. The molecule has 0 fully saturated rings. The number of amides is 2. The van der Waals surface area contributed by atoms with Gasteiger partial charge in [0.1, 0.15) is 0 Å². The highest BCUT2D eigenvalue weighted by Gasteiger charge is 2.13. The Labute approximate surface area is 116 Å². The molecule has 2 amide bonds. The molecule has 1 aromatic carbocycles. The van der Waals surface area contributed by atoms with E-state index in [9.17, 15) is 9.59 Å². The van der Waals surface area contributed by atoms with E-state index in [1.54, 1.807) is 31.3 Å². The Hall–Kier alpha value is -1.26. The van der Waals surface area contributed by atoms with Gasteiger partial charge in [0.2, 0.25) is 11.8 Å². The fourth-order valence-corrected chi connectivity index (χ4v) is 1.67. The maximum atomic E-state index is 11.7. The molecule has 0 aliphatic carbocycles. The largest absolute Gasteiger partial charge is 0.336 e. The quantitative estimate of drug-likeness (QED) is 0.846. The number of hydrogen-bond donors (Lipinski definition) is 1. The van der Waals surface area contributed by atoms with Crippen LogP contribution in [0.3, 0.4) is 0 Å². The Bertz CT molecular complexity index is 438.